The van der Waals surface area contributed by atoms with Crippen molar-refractivity contribution in [3.63, 3.8) is 0 Å². The molecule has 0 saturated carbocycles. The predicted molar refractivity (Wildman–Crippen MR) is 103 cm³/mol. The molecule has 0 spiro atoms. The zero-order chi connectivity index (χ0) is 18.8. The molecule has 4 rings (SSSR count). The lowest BCUT2D eigenvalue weighted by Gasteiger charge is -2.04. The highest BCUT2D eigenvalue weighted by Crippen LogP contribution is 2.23. The number of benzene rings is 2. The molecular formula is C21H15ClFN3O. The van der Waals surface area contributed by atoms with Gasteiger partial charge in [-0.2, -0.15) is 0 Å². The maximum Gasteiger partial charge on any atom is 0.272 e. The molecule has 0 fully saturated rings. The van der Waals surface area contributed by atoms with Gasteiger partial charge in [0, 0.05) is 23.3 Å². The smallest absolute Gasteiger partial charge is 0.272 e. The molecule has 0 radical (unpaired) electrons. The molecule has 6 heteroatoms. The summed E-state index contributed by atoms with van der Waals surface area (Å²) >= 11 is 5.88. The third-order valence-electron chi connectivity index (χ3n) is 4.23. The third-order valence-corrected chi connectivity index (χ3v) is 4.48. The van der Waals surface area contributed by atoms with Crippen molar-refractivity contribution >= 4 is 23.0 Å². The Morgan fingerprint density at radius 2 is 1.78 bits per heavy atom. The number of carbonyl (C=O) groups excluding carboxylic acids is 1. The minimum absolute atomic E-state index is 0.276. The normalized spacial score (nSPS) is 10.9. The number of fused-ring (bicyclic) bond motifs is 1. The van der Waals surface area contributed by atoms with E-state index in [0.29, 0.717) is 28.6 Å². The average Bonchev–Trinajstić information content (AvgIpc) is 3.08. The van der Waals surface area contributed by atoms with Gasteiger partial charge in [-0.3, -0.25) is 9.20 Å². The molecule has 2 aromatic heterocycles. The molecule has 0 aliphatic carbocycles. The van der Waals surface area contributed by atoms with Crippen LogP contribution in [0.15, 0.2) is 72.9 Å². The van der Waals surface area contributed by atoms with Gasteiger partial charge in [-0.25, -0.2) is 9.37 Å². The molecule has 2 heterocycles. The Morgan fingerprint density at radius 1 is 1.04 bits per heavy atom. The van der Waals surface area contributed by atoms with Crippen molar-refractivity contribution in [1.82, 2.24) is 14.7 Å². The lowest BCUT2D eigenvalue weighted by Crippen LogP contribution is -2.23. The number of nitrogens with zero attached hydrogens (tertiary/aromatic N) is 2. The van der Waals surface area contributed by atoms with Crippen LogP contribution in [-0.4, -0.2) is 15.3 Å². The predicted octanol–water partition coefficient (Wildman–Crippen LogP) is 4.72. The Bertz CT molecular complexity index is 1100. The highest BCUT2D eigenvalue weighted by molar-refractivity contribution is 6.30. The second kappa shape index (κ2) is 7.21. The number of nitrogens with one attached hydrogen (secondary N) is 1. The van der Waals surface area contributed by atoms with Crippen LogP contribution in [0.1, 0.15) is 16.1 Å². The fraction of sp³-hybridized carbons (Fsp3) is 0.0476. The molecule has 1 N–H and O–H groups in total. The van der Waals surface area contributed by atoms with Crippen molar-refractivity contribution in [2.24, 2.45) is 0 Å². The maximum absolute atomic E-state index is 13.2. The fourth-order valence-electron chi connectivity index (χ4n) is 2.88. The molecule has 0 bridgehead atoms. The highest BCUT2D eigenvalue weighted by Gasteiger charge is 2.18. The molecule has 4 aromatic rings. The second-order valence-electron chi connectivity index (χ2n) is 6.06. The molecular weight excluding hydrogens is 365 g/mol. The van der Waals surface area contributed by atoms with Crippen LogP contribution in [0.25, 0.3) is 16.9 Å². The first-order chi connectivity index (χ1) is 13.1. The molecule has 0 unspecified atom stereocenters. The summed E-state index contributed by atoms with van der Waals surface area (Å²) in [7, 11) is 0. The molecule has 0 saturated heterocycles. The largest absolute Gasteiger partial charge is 0.347 e. The van der Waals surface area contributed by atoms with Crippen molar-refractivity contribution in [3.05, 3.63) is 95.0 Å². The fourth-order valence-corrected chi connectivity index (χ4v) is 3.00. The number of aromatic nitrogens is 2. The summed E-state index contributed by atoms with van der Waals surface area (Å²) in [6, 6.07) is 18.9. The van der Waals surface area contributed by atoms with E-state index < -0.39 is 0 Å². The summed E-state index contributed by atoms with van der Waals surface area (Å²) in [5.74, 6) is -0.00945. The van der Waals surface area contributed by atoms with E-state index in [1.54, 1.807) is 24.3 Å². The van der Waals surface area contributed by atoms with Crippen LogP contribution in [0.3, 0.4) is 0 Å². The van der Waals surface area contributed by atoms with Gasteiger partial charge in [-0.05, 0) is 54.1 Å². The Morgan fingerprint density at radius 3 is 2.52 bits per heavy atom. The van der Waals surface area contributed by atoms with Gasteiger partial charge in [-0.15, -0.1) is 0 Å². The summed E-state index contributed by atoms with van der Waals surface area (Å²) in [5.41, 5.74) is 2.68. The van der Waals surface area contributed by atoms with Crippen molar-refractivity contribution in [3.8, 4) is 11.4 Å². The number of halogens is 2. The van der Waals surface area contributed by atoms with Crippen molar-refractivity contribution < 1.29 is 9.18 Å². The van der Waals surface area contributed by atoms with Crippen LogP contribution in [0, 0.1) is 5.82 Å². The molecule has 134 valence electrons. The Labute approximate surface area is 160 Å². The van der Waals surface area contributed by atoms with Crippen molar-refractivity contribution in [2.45, 2.75) is 6.54 Å². The minimum atomic E-state index is -0.319. The number of hydrogen-bond donors (Lipinski definition) is 1. The first-order valence-corrected chi connectivity index (χ1v) is 8.75. The number of amides is 1. The first kappa shape index (κ1) is 17.2. The van der Waals surface area contributed by atoms with E-state index in [4.69, 9.17) is 11.6 Å². The van der Waals surface area contributed by atoms with E-state index in [1.165, 1.54) is 12.1 Å². The molecule has 2 aromatic carbocycles. The van der Waals surface area contributed by atoms with E-state index in [0.717, 1.165) is 11.1 Å². The van der Waals surface area contributed by atoms with E-state index >= 15 is 0 Å². The number of pyridine rings is 1. The standard InChI is InChI=1S/C21H15ClFN3O/c22-16-8-4-14(5-9-16)13-24-21(27)19-18-3-1-2-12-26(18)20(25-19)15-6-10-17(23)11-7-15/h1-12H,13H2,(H,24,27). The van der Waals surface area contributed by atoms with Crippen molar-refractivity contribution in [2.75, 3.05) is 0 Å². The maximum atomic E-state index is 13.2. The van der Waals surface area contributed by atoms with Gasteiger partial charge in [-0.1, -0.05) is 29.8 Å². The van der Waals surface area contributed by atoms with Gasteiger partial charge in [0.25, 0.3) is 5.91 Å². The minimum Gasteiger partial charge on any atom is -0.347 e. The van der Waals surface area contributed by atoms with Crippen LogP contribution < -0.4 is 5.32 Å². The number of imidazole rings is 1. The molecule has 4 nitrogen and oxygen atoms in total. The van der Waals surface area contributed by atoms with E-state index in [9.17, 15) is 9.18 Å². The Hall–Kier alpha value is -3.18. The lowest BCUT2D eigenvalue weighted by atomic mass is 10.2. The topological polar surface area (TPSA) is 46.4 Å². The molecule has 0 atom stereocenters. The van der Waals surface area contributed by atoms with Gasteiger partial charge in [0.1, 0.15) is 11.6 Å². The Balaban J connectivity index is 1.66. The zero-order valence-corrected chi connectivity index (χ0v) is 14.9. The van der Waals surface area contributed by atoms with Gasteiger partial charge in [0.2, 0.25) is 0 Å². The third kappa shape index (κ3) is 3.55. The number of carbonyl (C=O) groups is 1. The van der Waals surface area contributed by atoms with Gasteiger partial charge >= 0.3 is 0 Å². The second-order valence-corrected chi connectivity index (χ2v) is 6.49. The Kier molecular flexibility index (Phi) is 4.60. The summed E-state index contributed by atoms with van der Waals surface area (Å²) in [6.07, 6.45) is 1.83. The summed E-state index contributed by atoms with van der Waals surface area (Å²) in [5, 5.41) is 3.53. The quantitative estimate of drug-likeness (QED) is 0.557. The van der Waals surface area contributed by atoms with Gasteiger partial charge in [0.15, 0.2) is 5.69 Å². The average molecular weight is 380 g/mol. The van der Waals surface area contributed by atoms with Gasteiger partial charge < -0.3 is 5.32 Å². The lowest BCUT2D eigenvalue weighted by molar-refractivity contribution is 0.0948. The van der Waals surface area contributed by atoms with Crippen LogP contribution in [-0.2, 0) is 6.54 Å². The highest BCUT2D eigenvalue weighted by atomic mass is 35.5. The summed E-state index contributed by atoms with van der Waals surface area (Å²) < 4.78 is 15.1. The van der Waals surface area contributed by atoms with Crippen LogP contribution in [0.4, 0.5) is 4.39 Å². The van der Waals surface area contributed by atoms with Crippen molar-refractivity contribution in [1.29, 1.82) is 0 Å². The first-order valence-electron chi connectivity index (χ1n) is 8.37. The summed E-state index contributed by atoms with van der Waals surface area (Å²) in [6.45, 7) is 0.369. The van der Waals surface area contributed by atoms with Crippen LogP contribution in [0.2, 0.25) is 5.02 Å². The van der Waals surface area contributed by atoms with Gasteiger partial charge in [0.05, 0.1) is 5.52 Å². The summed E-state index contributed by atoms with van der Waals surface area (Å²) in [4.78, 5) is 17.2. The monoisotopic (exact) mass is 379 g/mol. The van der Waals surface area contributed by atoms with Crippen LogP contribution >= 0.6 is 11.6 Å². The van der Waals surface area contributed by atoms with E-state index in [1.807, 2.05) is 40.9 Å². The molecule has 27 heavy (non-hydrogen) atoms. The van der Waals surface area contributed by atoms with E-state index in [2.05, 4.69) is 10.3 Å². The molecule has 1 amide bonds. The SMILES string of the molecule is O=C(NCc1ccc(Cl)cc1)c1nc(-c2ccc(F)cc2)n2ccccc12. The molecule has 0 aliphatic rings. The molecule has 0 aliphatic heterocycles. The number of rotatable bonds is 4. The number of hydrogen-bond acceptors (Lipinski definition) is 2. The van der Waals surface area contributed by atoms with Crippen LogP contribution in [0.5, 0.6) is 0 Å². The van der Waals surface area contributed by atoms with E-state index in [-0.39, 0.29) is 11.7 Å². The zero-order valence-electron chi connectivity index (χ0n) is 14.2.